The highest BCUT2D eigenvalue weighted by atomic mass is 32.1. The molecule has 1 fully saturated rings. The first kappa shape index (κ1) is 15.9. The van der Waals surface area contributed by atoms with E-state index in [1.807, 2.05) is 0 Å². The Balaban J connectivity index is 1.79. The van der Waals surface area contributed by atoms with E-state index in [0.29, 0.717) is 28.8 Å². The maximum atomic E-state index is 13.4. The van der Waals surface area contributed by atoms with E-state index < -0.39 is 11.6 Å². The highest BCUT2D eigenvalue weighted by molar-refractivity contribution is 7.17. The SMILES string of the molecule is Cc1nc(N)sc1C(=O)N1CCCC(c2ccc(F)c(F)c2)C1. The van der Waals surface area contributed by atoms with Crippen molar-refractivity contribution >= 4 is 22.4 Å². The first-order valence-corrected chi connectivity index (χ1v) is 8.24. The number of carbonyl (C=O) groups excluding carboxylic acids is 1. The smallest absolute Gasteiger partial charge is 0.265 e. The fraction of sp³-hybridized carbons (Fsp3) is 0.375. The number of hydrogen-bond donors (Lipinski definition) is 1. The normalized spacial score (nSPS) is 18.2. The number of nitrogen functional groups attached to an aromatic ring is 1. The third-order valence-corrected chi connectivity index (χ3v) is 5.11. The van der Waals surface area contributed by atoms with Gasteiger partial charge in [-0.2, -0.15) is 0 Å². The molecule has 1 aliphatic rings. The van der Waals surface area contributed by atoms with Crippen molar-refractivity contribution in [3.05, 3.63) is 46.0 Å². The van der Waals surface area contributed by atoms with Crippen molar-refractivity contribution in [2.45, 2.75) is 25.7 Å². The number of hydrogen-bond acceptors (Lipinski definition) is 4. The van der Waals surface area contributed by atoms with Crippen molar-refractivity contribution in [1.82, 2.24) is 9.88 Å². The molecule has 1 atom stereocenters. The summed E-state index contributed by atoms with van der Waals surface area (Å²) in [7, 11) is 0. The molecular formula is C16H17F2N3OS. The number of anilines is 1. The van der Waals surface area contributed by atoms with Crippen molar-refractivity contribution in [2.75, 3.05) is 18.8 Å². The number of aryl methyl sites for hydroxylation is 1. The van der Waals surface area contributed by atoms with Crippen molar-refractivity contribution in [1.29, 1.82) is 0 Å². The second-order valence-electron chi connectivity index (χ2n) is 5.73. The summed E-state index contributed by atoms with van der Waals surface area (Å²) in [5, 5.41) is 0.375. The number of thiazole rings is 1. The summed E-state index contributed by atoms with van der Waals surface area (Å²) in [5.41, 5.74) is 7.01. The van der Waals surface area contributed by atoms with Crippen molar-refractivity contribution < 1.29 is 13.6 Å². The molecule has 0 bridgehead atoms. The zero-order valence-corrected chi connectivity index (χ0v) is 13.5. The van der Waals surface area contributed by atoms with E-state index in [-0.39, 0.29) is 11.8 Å². The van der Waals surface area contributed by atoms with Gasteiger partial charge in [-0.15, -0.1) is 0 Å². The maximum Gasteiger partial charge on any atom is 0.265 e. The third kappa shape index (κ3) is 3.19. The van der Waals surface area contributed by atoms with Crippen LogP contribution in [-0.2, 0) is 0 Å². The number of piperidine rings is 1. The Kier molecular flexibility index (Phi) is 4.30. The molecule has 0 saturated carbocycles. The van der Waals surface area contributed by atoms with E-state index in [1.54, 1.807) is 17.9 Å². The van der Waals surface area contributed by atoms with Gasteiger partial charge in [0.1, 0.15) is 4.88 Å². The molecule has 1 aliphatic heterocycles. The summed E-state index contributed by atoms with van der Waals surface area (Å²) in [6, 6.07) is 3.95. The second-order valence-corrected chi connectivity index (χ2v) is 6.76. The molecule has 0 aliphatic carbocycles. The molecule has 0 spiro atoms. The molecule has 1 unspecified atom stereocenters. The van der Waals surface area contributed by atoms with Gasteiger partial charge in [-0.25, -0.2) is 13.8 Å². The van der Waals surface area contributed by atoms with Crippen LogP contribution in [0.2, 0.25) is 0 Å². The minimum atomic E-state index is -0.853. The highest BCUT2D eigenvalue weighted by Gasteiger charge is 2.28. The first-order chi connectivity index (χ1) is 11.0. The first-order valence-electron chi connectivity index (χ1n) is 7.43. The van der Waals surface area contributed by atoms with Crippen LogP contribution in [0.5, 0.6) is 0 Å². The fourth-order valence-electron chi connectivity index (χ4n) is 2.96. The van der Waals surface area contributed by atoms with Gasteiger partial charge < -0.3 is 10.6 Å². The second kappa shape index (κ2) is 6.23. The Bertz CT molecular complexity index is 747. The molecule has 7 heteroatoms. The molecule has 1 saturated heterocycles. The molecule has 3 rings (SSSR count). The van der Waals surface area contributed by atoms with E-state index in [0.717, 1.165) is 24.5 Å². The Labute approximate surface area is 136 Å². The van der Waals surface area contributed by atoms with Gasteiger partial charge in [0.2, 0.25) is 0 Å². The van der Waals surface area contributed by atoms with Crippen LogP contribution < -0.4 is 5.73 Å². The van der Waals surface area contributed by atoms with E-state index in [1.165, 1.54) is 17.4 Å². The fourth-order valence-corrected chi connectivity index (χ4v) is 3.76. The Morgan fingerprint density at radius 2 is 2.17 bits per heavy atom. The molecule has 2 heterocycles. The molecule has 1 amide bonds. The lowest BCUT2D eigenvalue weighted by Gasteiger charge is -2.33. The van der Waals surface area contributed by atoms with Gasteiger partial charge in [-0.1, -0.05) is 17.4 Å². The third-order valence-electron chi connectivity index (χ3n) is 4.13. The van der Waals surface area contributed by atoms with E-state index in [4.69, 9.17) is 5.73 Å². The van der Waals surface area contributed by atoms with Crippen LogP contribution in [0.1, 0.15) is 39.7 Å². The van der Waals surface area contributed by atoms with Crippen LogP contribution in [-0.4, -0.2) is 28.9 Å². The summed E-state index contributed by atoms with van der Waals surface area (Å²) in [6.07, 6.45) is 1.67. The number of nitrogens with two attached hydrogens (primary N) is 1. The van der Waals surface area contributed by atoms with Crippen molar-refractivity contribution in [3.63, 3.8) is 0 Å². The molecule has 1 aromatic heterocycles. The van der Waals surface area contributed by atoms with Gasteiger partial charge in [0.25, 0.3) is 5.91 Å². The van der Waals surface area contributed by atoms with Crippen molar-refractivity contribution in [3.8, 4) is 0 Å². The Hall–Kier alpha value is -2.02. The number of rotatable bonds is 2. The zero-order valence-electron chi connectivity index (χ0n) is 12.7. The summed E-state index contributed by atoms with van der Waals surface area (Å²) in [5.74, 6) is -1.79. The van der Waals surface area contributed by atoms with Gasteiger partial charge in [0.05, 0.1) is 5.69 Å². The van der Waals surface area contributed by atoms with Gasteiger partial charge in [0, 0.05) is 19.0 Å². The van der Waals surface area contributed by atoms with Gasteiger partial charge in [-0.3, -0.25) is 4.79 Å². The van der Waals surface area contributed by atoms with Crippen LogP contribution >= 0.6 is 11.3 Å². The Morgan fingerprint density at radius 3 is 2.83 bits per heavy atom. The highest BCUT2D eigenvalue weighted by Crippen LogP contribution is 2.30. The molecular weight excluding hydrogens is 320 g/mol. The molecule has 4 nitrogen and oxygen atoms in total. The van der Waals surface area contributed by atoms with Crippen molar-refractivity contribution in [2.24, 2.45) is 0 Å². The molecule has 1 aromatic carbocycles. The lowest BCUT2D eigenvalue weighted by atomic mass is 9.90. The lowest BCUT2D eigenvalue weighted by Crippen LogP contribution is -2.39. The molecule has 0 radical (unpaired) electrons. The largest absolute Gasteiger partial charge is 0.375 e. The van der Waals surface area contributed by atoms with Crippen LogP contribution in [0, 0.1) is 18.6 Å². The number of halogens is 2. The number of likely N-dealkylation sites (tertiary alicyclic amines) is 1. The number of amides is 1. The minimum absolute atomic E-state index is 0.00775. The number of aromatic nitrogens is 1. The predicted octanol–water partition coefficient (Wildman–Crippen LogP) is 3.33. The standard InChI is InChI=1S/C16H17F2N3OS/c1-9-14(23-16(19)20-9)15(22)21-6-2-3-11(8-21)10-4-5-12(17)13(18)7-10/h4-5,7,11H,2-3,6,8H2,1H3,(H2,19,20). The summed E-state index contributed by atoms with van der Waals surface area (Å²) >= 11 is 1.18. The summed E-state index contributed by atoms with van der Waals surface area (Å²) in [6.45, 7) is 2.90. The lowest BCUT2D eigenvalue weighted by molar-refractivity contribution is 0.0711. The maximum absolute atomic E-state index is 13.4. The van der Waals surface area contributed by atoms with Crippen LogP contribution in [0.4, 0.5) is 13.9 Å². The Morgan fingerprint density at radius 1 is 1.39 bits per heavy atom. The van der Waals surface area contributed by atoms with Gasteiger partial charge in [0.15, 0.2) is 16.8 Å². The molecule has 23 heavy (non-hydrogen) atoms. The number of nitrogens with zero attached hydrogens (tertiary/aromatic N) is 2. The van der Waals surface area contributed by atoms with Gasteiger partial charge in [-0.05, 0) is 37.5 Å². The monoisotopic (exact) mass is 337 g/mol. The number of carbonyl (C=O) groups is 1. The van der Waals surface area contributed by atoms with Crippen LogP contribution in [0.15, 0.2) is 18.2 Å². The van der Waals surface area contributed by atoms with E-state index in [9.17, 15) is 13.6 Å². The predicted molar refractivity (Wildman–Crippen MR) is 85.5 cm³/mol. The summed E-state index contributed by atoms with van der Waals surface area (Å²) in [4.78, 5) is 19.0. The molecule has 122 valence electrons. The van der Waals surface area contributed by atoms with E-state index >= 15 is 0 Å². The van der Waals surface area contributed by atoms with Crippen LogP contribution in [0.3, 0.4) is 0 Å². The molecule has 2 N–H and O–H groups in total. The zero-order chi connectivity index (χ0) is 16.6. The van der Waals surface area contributed by atoms with Crippen LogP contribution in [0.25, 0.3) is 0 Å². The van der Waals surface area contributed by atoms with E-state index in [2.05, 4.69) is 4.98 Å². The minimum Gasteiger partial charge on any atom is -0.375 e. The van der Waals surface area contributed by atoms with Gasteiger partial charge >= 0.3 is 0 Å². The average molecular weight is 337 g/mol. The number of benzene rings is 1. The quantitative estimate of drug-likeness (QED) is 0.914. The summed E-state index contributed by atoms with van der Waals surface area (Å²) < 4.78 is 26.5. The molecule has 2 aromatic rings. The topological polar surface area (TPSA) is 59.2 Å². The average Bonchev–Trinajstić information content (AvgIpc) is 2.88.